The molecule has 96 valence electrons. The van der Waals surface area contributed by atoms with Crippen molar-refractivity contribution in [1.82, 2.24) is 4.98 Å². The van der Waals surface area contributed by atoms with Crippen molar-refractivity contribution in [3.8, 4) is 11.1 Å². The fourth-order valence-corrected chi connectivity index (χ4v) is 1.78. The first-order chi connectivity index (χ1) is 9.08. The van der Waals surface area contributed by atoms with Crippen molar-refractivity contribution >= 4 is 11.5 Å². The van der Waals surface area contributed by atoms with E-state index < -0.39 is 5.97 Å². The number of hydrogen-bond acceptors (Lipinski definition) is 2. The molecule has 1 aromatic heterocycles. The molecule has 1 heterocycles. The molecule has 0 amide bonds. The molecule has 2 aromatic rings. The molecule has 1 N–H and O–H groups in total. The predicted octanol–water partition coefficient (Wildman–Crippen LogP) is 3.38. The van der Waals surface area contributed by atoms with E-state index in [-0.39, 0.29) is 5.82 Å². The monoisotopic (exact) mass is 257 g/mol. The first-order valence-corrected chi connectivity index (χ1v) is 5.69. The number of hydrogen-bond donors (Lipinski definition) is 1. The highest BCUT2D eigenvalue weighted by Crippen LogP contribution is 2.26. The Bertz CT molecular complexity index is 636. The molecule has 3 nitrogen and oxygen atoms in total. The lowest BCUT2D eigenvalue weighted by atomic mass is 10.00. The molecule has 0 atom stereocenters. The summed E-state index contributed by atoms with van der Waals surface area (Å²) >= 11 is 0. The maximum atomic E-state index is 13.8. The molecule has 0 radical (unpaired) electrons. The molecule has 19 heavy (non-hydrogen) atoms. The molecule has 0 saturated carbocycles. The van der Waals surface area contributed by atoms with Gasteiger partial charge >= 0.3 is 5.97 Å². The van der Waals surface area contributed by atoms with Gasteiger partial charge in [-0.3, -0.25) is 4.98 Å². The second kappa shape index (κ2) is 5.44. The van der Waals surface area contributed by atoms with Crippen LogP contribution in [0.2, 0.25) is 0 Å². The number of carboxylic acid groups (broad SMARTS) is 1. The average Bonchev–Trinajstić information content (AvgIpc) is 2.39. The molecular formula is C15H12FNO2. The topological polar surface area (TPSA) is 50.2 Å². The summed E-state index contributed by atoms with van der Waals surface area (Å²) in [4.78, 5) is 14.6. The van der Waals surface area contributed by atoms with Crippen molar-refractivity contribution in [2.24, 2.45) is 0 Å². The number of aliphatic carboxylic acids is 1. The van der Waals surface area contributed by atoms with Crippen LogP contribution in [0.5, 0.6) is 0 Å². The summed E-state index contributed by atoms with van der Waals surface area (Å²) in [6.45, 7) is 1.67. The van der Waals surface area contributed by atoms with E-state index in [1.165, 1.54) is 6.07 Å². The van der Waals surface area contributed by atoms with E-state index in [1.54, 1.807) is 43.6 Å². The Kier molecular flexibility index (Phi) is 3.71. The SMILES string of the molecule is C/C(=C\C(=O)O)c1ccc(F)c(-c2cccnc2)c1. The summed E-state index contributed by atoms with van der Waals surface area (Å²) in [6.07, 6.45) is 4.28. The predicted molar refractivity (Wildman–Crippen MR) is 70.9 cm³/mol. The summed E-state index contributed by atoms with van der Waals surface area (Å²) in [7, 11) is 0. The lowest BCUT2D eigenvalue weighted by molar-refractivity contribution is -0.131. The first kappa shape index (κ1) is 13.0. The number of benzene rings is 1. The van der Waals surface area contributed by atoms with Crippen LogP contribution in [0, 0.1) is 5.82 Å². The number of carbonyl (C=O) groups is 1. The van der Waals surface area contributed by atoms with Gasteiger partial charge < -0.3 is 5.11 Å². The van der Waals surface area contributed by atoms with Crippen LogP contribution in [0.15, 0.2) is 48.8 Å². The Hall–Kier alpha value is -2.49. The third-order valence-corrected chi connectivity index (χ3v) is 2.73. The molecule has 2 rings (SSSR count). The van der Waals surface area contributed by atoms with E-state index >= 15 is 0 Å². The van der Waals surface area contributed by atoms with Gasteiger partial charge in [-0.05, 0) is 36.3 Å². The molecule has 4 heteroatoms. The van der Waals surface area contributed by atoms with Crippen molar-refractivity contribution in [3.05, 3.63) is 60.2 Å². The van der Waals surface area contributed by atoms with E-state index in [1.807, 2.05) is 0 Å². The van der Waals surface area contributed by atoms with Gasteiger partial charge in [0.05, 0.1) is 0 Å². The van der Waals surface area contributed by atoms with Crippen molar-refractivity contribution in [1.29, 1.82) is 0 Å². The van der Waals surface area contributed by atoms with Crippen LogP contribution in [-0.2, 0) is 4.79 Å². The zero-order valence-electron chi connectivity index (χ0n) is 10.3. The van der Waals surface area contributed by atoms with Gasteiger partial charge in [-0.1, -0.05) is 12.1 Å². The Morgan fingerprint density at radius 2 is 2.16 bits per heavy atom. The first-order valence-electron chi connectivity index (χ1n) is 5.69. The number of aromatic nitrogens is 1. The van der Waals surface area contributed by atoms with Crippen LogP contribution in [0.1, 0.15) is 12.5 Å². The van der Waals surface area contributed by atoms with Gasteiger partial charge in [0.25, 0.3) is 0 Å². The van der Waals surface area contributed by atoms with Gasteiger partial charge in [0, 0.05) is 29.6 Å². The highest BCUT2D eigenvalue weighted by molar-refractivity contribution is 5.90. The van der Waals surface area contributed by atoms with Crippen LogP contribution >= 0.6 is 0 Å². The van der Waals surface area contributed by atoms with E-state index in [0.29, 0.717) is 22.3 Å². The molecule has 0 saturated heterocycles. The third-order valence-electron chi connectivity index (χ3n) is 2.73. The Morgan fingerprint density at radius 3 is 2.79 bits per heavy atom. The van der Waals surface area contributed by atoms with E-state index in [0.717, 1.165) is 6.08 Å². The lowest BCUT2D eigenvalue weighted by Gasteiger charge is -2.07. The third kappa shape index (κ3) is 3.04. The van der Waals surface area contributed by atoms with Gasteiger partial charge in [-0.25, -0.2) is 9.18 Å². The minimum atomic E-state index is -1.02. The van der Waals surface area contributed by atoms with E-state index in [2.05, 4.69) is 4.98 Å². The highest BCUT2D eigenvalue weighted by Gasteiger charge is 2.08. The largest absolute Gasteiger partial charge is 0.478 e. The number of rotatable bonds is 3. The summed E-state index contributed by atoms with van der Waals surface area (Å²) in [5.74, 6) is -1.38. The fourth-order valence-electron chi connectivity index (χ4n) is 1.78. The van der Waals surface area contributed by atoms with Gasteiger partial charge in [0.15, 0.2) is 0 Å². The molecule has 0 aliphatic heterocycles. The van der Waals surface area contributed by atoms with Crippen LogP contribution in [0.4, 0.5) is 4.39 Å². The zero-order chi connectivity index (χ0) is 13.8. The summed E-state index contributed by atoms with van der Waals surface area (Å²) in [5.41, 5.74) is 2.30. The number of halogens is 1. The average molecular weight is 257 g/mol. The van der Waals surface area contributed by atoms with Crippen LogP contribution in [-0.4, -0.2) is 16.1 Å². The lowest BCUT2D eigenvalue weighted by Crippen LogP contribution is -1.92. The number of carboxylic acids is 1. The van der Waals surface area contributed by atoms with E-state index in [9.17, 15) is 9.18 Å². The highest BCUT2D eigenvalue weighted by atomic mass is 19.1. The molecule has 0 aliphatic rings. The summed E-state index contributed by atoms with van der Waals surface area (Å²) < 4.78 is 13.8. The molecule has 0 unspecified atom stereocenters. The normalized spacial score (nSPS) is 11.4. The quantitative estimate of drug-likeness (QED) is 0.857. The standard InChI is InChI=1S/C15H12FNO2/c1-10(7-15(18)19)11-4-5-14(16)13(8-11)12-3-2-6-17-9-12/h2-9H,1H3,(H,18,19)/b10-7+. The number of pyridine rings is 1. The molecule has 0 aliphatic carbocycles. The van der Waals surface area contributed by atoms with Crippen molar-refractivity contribution in [2.45, 2.75) is 6.92 Å². The summed E-state index contributed by atoms with van der Waals surface area (Å²) in [6, 6.07) is 7.99. The van der Waals surface area contributed by atoms with Crippen molar-refractivity contribution in [3.63, 3.8) is 0 Å². The second-order valence-corrected chi connectivity index (χ2v) is 4.10. The number of allylic oxidation sites excluding steroid dienone is 1. The molecule has 1 aromatic carbocycles. The fraction of sp³-hybridized carbons (Fsp3) is 0.0667. The smallest absolute Gasteiger partial charge is 0.328 e. The maximum absolute atomic E-state index is 13.8. The molecular weight excluding hydrogens is 245 g/mol. The second-order valence-electron chi connectivity index (χ2n) is 4.10. The minimum absolute atomic E-state index is 0.361. The molecule has 0 bridgehead atoms. The molecule has 0 fully saturated rings. The van der Waals surface area contributed by atoms with Crippen LogP contribution in [0.3, 0.4) is 0 Å². The van der Waals surface area contributed by atoms with E-state index in [4.69, 9.17) is 5.11 Å². The Balaban J connectivity index is 2.50. The van der Waals surface area contributed by atoms with Gasteiger partial charge in [-0.15, -0.1) is 0 Å². The number of nitrogens with zero attached hydrogens (tertiary/aromatic N) is 1. The van der Waals surface area contributed by atoms with Crippen LogP contribution in [0.25, 0.3) is 16.7 Å². The summed E-state index contributed by atoms with van der Waals surface area (Å²) in [5, 5.41) is 8.73. The van der Waals surface area contributed by atoms with Gasteiger partial charge in [-0.2, -0.15) is 0 Å². The van der Waals surface area contributed by atoms with Gasteiger partial charge in [0.1, 0.15) is 5.82 Å². The Labute approximate surface area is 110 Å². The maximum Gasteiger partial charge on any atom is 0.328 e. The zero-order valence-corrected chi connectivity index (χ0v) is 10.3. The van der Waals surface area contributed by atoms with Crippen molar-refractivity contribution in [2.75, 3.05) is 0 Å². The van der Waals surface area contributed by atoms with Crippen LogP contribution < -0.4 is 0 Å². The Morgan fingerprint density at radius 1 is 1.37 bits per heavy atom. The van der Waals surface area contributed by atoms with Crippen molar-refractivity contribution < 1.29 is 14.3 Å². The molecule has 0 spiro atoms. The minimum Gasteiger partial charge on any atom is -0.478 e. The van der Waals surface area contributed by atoms with Gasteiger partial charge in [0.2, 0.25) is 0 Å².